The van der Waals surface area contributed by atoms with Crippen molar-refractivity contribution < 1.29 is 18.7 Å². The summed E-state index contributed by atoms with van der Waals surface area (Å²) in [5, 5.41) is 3.97. The number of rotatable bonds is 6. The smallest absolute Gasteiger partial charge is 0.225 e. The standard InChI is InChI=1S/C23H24FN3O3/c1-30-19-7-8-21-17(11-19)10-18(26-21)12-25-23(29)16-6-9-22(28)27(14-16)13-15-4-2-3-5-20(15)24/h2-5,7-8,10-11,16,26H,6,9,12-14H2,1H3,(H,25,29)/t16-/m1/s1. The zero-order valence-electron chi connectivity index (χ0n) is 16.8. The number of aromatic amines is 1. The number of fused-ring (bicyclic) bond motifs is 1. The molecule has 1 aliphatic rings. The van der Waals surface area contributed by atoms with Gasteiger partial charge in [0.2, 0.25) is 11.8 Å². The predicted molar refractivity (Wildman–Crippen MR) is 111 cm³/mol. The van der Waals surface area contributed by atoms with Crippen LogP contribution in [0.1, 0.15) is 24.1 Å². The number of nitrogens with zero attached hydrogens (tertiary/aromatic N) is 1. The summed E-state index contributed by atoms with van der Waals surface area (Å²) in [6.07, 6.45) is 0.793. The first-order valence-corrected chi connectivity index (χ1v) is 9.98. The summed E-state index contributed by atoms with van der Waals surface area (Å²) < 4.78 is 19.2. The zero-order valence-corrected chi connectivity index (χ0v) is 16.8. The van der Waals surface area contributed by atoms with Crippen molar-refractivity contribution >= 4 is 22.7 Å². The van der Waals surface area contributed by atoms with Gasteiger partial charge in [-0.05, 0) is 36.8 Å². The normalized spacial score (nSPS) is 16.7. The summed E-state index contributed by atoms with van der Waals surface area (Å²) >= 11 is 0. The predicted octanol–water partition coefficient (Wildman–Crippen LogP) is 3.37. The number of methoxy groups -OCH3 is 1. The monoisotopic (exact) mass is 409 g/mol. The molecule has 1 saturated heterocycles. The van der Waals surface area contributed by atoms with E-state index in [0.717, 1.165) is 22.3 Å². The van der Waals surface area contributed by atoms with Gasteiger partial charge in [-0.25, -0.2) is 4.39 Å². The molecule has 1 fully saturated rings. The molecule has 1 aromatic heterocycles. The summed E-state index contributed by atoms with van der Waals surface area (Å²) in [6, 6.07) is 14.1. The van der Waals surface area contributed by atoms with E-state index in [2.05, 4.69) is 10.3 Å². The second-order valence-corrected chi connectivity index (χ2v) is 7.57. The molecular weight excluding hydrogens is 385 g/mol. The van der Waals surface area contributed by atoms with Crippen LogP contribution in [0.3, 0.4) is 0 Å². The largest absolute Gasteiger partial charge is 0.497 e. The molecule has 0 saturated carbocycles. The average molecular weight is 409 g/mol. The average Bonchev–Trinajstić information content (AvgIpc) is 3.17. The highest BCUT2D eigenvalue weighted by molar-refractivity contribution is 5.84. The van der Waals surface area contributed by atoms with E-state index in [1.54, 1.807) is 30.2 Å². The minimum atomic E-state index is -0.340. The molecule has 0 unspecified atom stereocenters. The molecule has 0 radical (unpaired) electrons. The van der Waals surface area contributed by atoms with Gasteiger partial charge in [-0.1, -0.05) is 18.2 Å². The number of nitrogens with one attached hydrogen (secondary N) is 2. The summed E-state index contributed by atoms with van der Waals surface area (Å²) in [7, 11) is 1.62. The second-order valence-electron chi connectivity index (χ2n) is 7.57. The Balaban J connectivity index is 1.37. The summed E-state index contributed by atoms with van der Waals surface area (Å²) in [5.41, 5.74) is 2.32. The van der Waals surface area contributed by atoms with Gasteiger partial charge < -0.3 is 19.9 Å². The van der Waals surface area contributed by atoms with Crippen LogP contribution >= 0.6 is 0 Å². The van der Waals surface area contributed by atoms with Gasteiger partial charge in [-0.15, -0.1) is 0 Å². The van der Waals surface area contributed by atoms with Crippen molar-refractivity contribution in [3.8, 4) is 5.75 Å². The Labute approximate surface area is 174 Å². The fraction of sp³-hybridized carbons (Fsp3) is 0.304. The van der Waals surface area contributed by atoms with Crippen LogP contribution in [0.15, 0.2) is 48.5 Å². The third-order valence-corrected chi connectivity index (χ3v) is 5.53. The van der Waals surface area contributed by atoms with Crippen LogP contribution in [0.25, 0.3) is 10.9 Å². The molecule has 0 spiro atoms. The maximum atomic E-state index is 13.9. The number of amides is 2. The van der Waals surface area contributed by atoms with E-state index in [1.807, 2.05) is 24.3 Å². The minimum Gasteiger partial charge on any atom is -0.497 e. The van der Waals surface area contributed by atoms with Gasteiger partial charge in [0.05, 0.1) is 19.6 Å². The fourth-order valence-electron chi connectivity index (χ4n) is 3.83. The van der Waals surface area contributed by atoms with E-state index in [-0.39, 0.29) is 30.1 Å². The van der Waals surface area contributed by atoms with Gasteiger partial charge in [0.25, 0.3) is 0 Å². The Kier molecular flexibility index (Phi) is 5.70. The van der Waals surface area contributed by atoms with E-state index >= 15 is 0 Å². The Hall–Kier alpha value is -3.35. The molecular formula is C23H24FN3O3. The van der Waals surface area contributed by atoms with E-state index in [4.69, 9.17) is 4.74 Å². The Morgan fingerprint density at radius 3 is 2.90 bits per heavy atom. The van der Waals surface area contributed by atoms with E-state index < -0.39 is 0 Å². The van der Waals surface area contributed by atoms with Gasteiger partial charge in [-0.2, -0.15) is 0 Å². The van der Waals surface area contributed by atoms with Crippen molar-refractivity contribution in [2.24, 2.45) is 5.92 Å². The number of halogens is 1. The highest BCUT2D eigenvalue weighted by atomic mass is 19.1. The molecule has 2 heterocycles. The van der Waals surface area contributed by atoms with Crippen molar-refractivity contribution in [3.63, 3.8) is 0 Å². The molecule has 1 aliphatic heterocycles. The first kappa shape index (κ1) is 19.9. The molecule has 7 heteroatoms. The highest BCUT2D eigenvalue weighted by Crippen LogP contribution is 2.23. The number of hydrogen-bond donors (Lipinski definition) is 2. The number of hydrogen-bond acceptors (Lipinski definition) is 3. The molecule has 2 N–H and O–H groups in total. The lowest BCUT2D eigenvalue weighted by atomic mass is 9.96. The van der Waals surface area contributed by atoms with Crippen LogP contribution in [0.5, 0.6) is 5.75 Å². The van der Waals surface area contributed by atoms with Crippen LogP contribution in [0.4, 0.5) is 4.39 Å². The lowest BCUT2D eigenvalue weighted by Gasteiger charge is -2.32. The van der Waals surface area contributed by atoms with Crippen LogP contribution in [0, 0.1) is 11.7 Å². The molecule has 0 aliphatic carbocycles. The Morgan fingerprint density at radius 1 is 1.27 bits per heavy atom. The van der Waals surface area contributed by atoms with Crippen LogP contribution in [-0.4, -0.2) is 35.4 Å². The number of benzene rings is 2. The van der Waals surface area contributed by atoms with E-state index in [9.17, 15) is 14.0 Å². The Morgan fingerprint density at radius 2 is 2.10 bits per heavy atom. The molecule has 156 valence electrons. The summed E-state index contributed by atoms with van der Waals surface area (Å²) in [4.78, 5) is 29.8. The third-order valence-electron chi connectivity index (χ3n) is 5.53. The zero-order chi connectivity index (χ0) is 21.1. The second kappa shape index (κ2) is 8.57. The lowest BCUT2D eigenvalue weighted by Crippen LogP contribution is -2.45. The third kappa shape index (κ3) is 4.30. The van der Waals surface area contributed by atoms with Gasteiger partial charge in [0.15, 0.2) is 0 Å². The first-order chi connectivity index (χ1) is 14.5. The molecule has 30 heavy (non-hydrogen) atoms. The summed E-state index contributed by atoms with van der Waals surface area (Å²) in [5.74, 6) is -0.0192. The fourth-order valence-corrected chi connectivity index (χ4v) is 3.83. The minimum absolute atomic E-state index is 0.0492. The van der Waals surface area contributed by atoms with Crippen LogP contribution in [-0.2, 0) is 22.7 Å². The van der Waals surface area contributed by atoms with Crippen LogP contribution in [0.2, 0.25) is 0 Å². The number of carbonyl (C=O) groups is 2. The number of ether oxygens (including phenoxy) is 1. The number of H-pyrrole nitrogens is 1. The van der Waals surface area contributed by atoms with Gasteiger partial charge in [0.1, 0.15) is 11.6 Å². The van der Waals surface area contributed by atoms with Crippen molar-refractivity contribution in [2.75, 3.05) is 13.7 Å². The number of likely N-dealkylation sites (tertiary alicyclic amines) is 1. The first-order valence-electron chi connectivity index (χ1n) is 9.98. The highest BCUT2D eigenvalue weighted by Gasteiger charge is 2.30. The van der Waals surface area contributed by atoms with Crippen molar-refractivity contribution in [1.29, 1.82) is 0 Å². The summed E-state index contributed by atoms with van der Waals surface area (Å²) in [6.45, 7) is 0.843. The molecule has 1 atom stereocenters. The SMILES string of the molecule is COc1ccc2[nH]c(CNC(=O)[C@@H]3CCC(=O)N(Cc4ccccc4F)C3)cc2c1. The van der Waals surface area contributed by atoms with E-state index in [1.165, 1.54) is 6.07 Å². The van der Waals surface area contributed by atoms with Crippen molar-refractivity contribution in [2.45, 2.75) is 25.9 Å². The van der Waals surface area contributed by atoms with Crippen LogP contribution < -0.4 is 10.1 Å². The maximum Gasteiger partial charge on any atom is 0.225 e. The molecule has 2 aromatic carbocycles. The van der Waals surface area contributed by atoms with Gasteiger partial charge in [0, 0.05) is 41.7 Å². The molecule has 3 aromatic rings. The molecule has 0 bridgehead atoms. The lowest BCUT2D eigenvalue weighted by molar-refractivity contribution is -0.139. The van der Waals surface area contributed by atoms with Gasteiger partial charge in [-0.3, -0.25) is 9.59 Å². The number of aromatic nitrogens is 1. The number of piperidine rings is 1. The molecule has 6 nitrogen and oxygen atoms in total. The molecule has 4 rings (SSSR count). The van der Waals surface area contributed by atoms with Crippen molar-refractivity contribution in [3.05, 3.63) is 65.6 Å². The topological polar surface area (TPSA) is 74.4 Å². The van der Waals surface area contributed by atoms with Gasteiger partial charge >= 0.3 is 0 Å². The maximum absolute atomic E-state index is 13.9. The Bertz CT molecular complexity index is 1080. The van der Waals surface area contributed by atoms with E-state index in [0.29, 0.717) is 31.5 Å². The van der Waals surface area contributed by atoms with Crippen molar-refractivity contribution in [1.82, 2.24) is 15.2 Å². The number of carbonyl (C=O) groups excluding carboxylic acids is 2. The quantitative estimate of drug-likeness (QED) is 0.656. The molecule has 2 amide bonds.